The van der Waals surface area contributed by atoms with E-state index in [-0.39, 0.29) is 12.5 Å². The first-order valence-electron chi connectivity index (χ1n) is 7.19. The van der Waals surface area contributed by atoms with Crippen molar-refractivity contribution in [2.45, 2.75) is 19.4 Å². The molecule has 1 heterocycles. The number of likely N-dealkylation sites (N-methyl/N-ethyl adjacent to an activating group) is 1. The predicted molar refractivity (Wildman–Crippen MR) is 80.7 cm³/mol. The van der Waals surface area contributed by atoms with Gasteiger partial charge in [0, 0.05) is 18.0 Å². The average Bonchev–Trinajstić information content (AvgIpc) is 2.55. The minimum absolute atomic E-state index is 0.0306. The molecule has 0 spiro atoms. The maximum Gasteiger partial charge on any atom is 0.322 e. The first-order valence-corrected chi connectivity index (χ1v) is 7.19. The van der Waals surface area contributed by atoms with Gasteiger partial charge in [-0.2, -0.15) is 0 Å². The van der Waals surface area contributed by atoms with Crippen LogP contribution in [0.1, 0.15) is 24.0 Å². The Hall–Kier alpha value is -2.04. The van der Waals surface area contributed by atoms with Crippen molar-refractivity contribution in [3.63, 3.8) is 0 Å². The number of amides is 1. The third-order valence-electron chi connectivity index (χ3n) is 3.64. The number of pyridine rings is 1. The number of benzene rings is 1. The molecule has 4 nitrogen and oxygen atoms in total. The zero-order valence-electron chi connectivity index (χ0n) is 12.2. The molecule has 0 bridgehead atoms. The highest BCUT2D eigenvalue weighted by atomic mass is 16.3. The van der Waals surface area contributed by atoms with E-state index in [9.17, 15) is 9.90 Å². The van der Waals surface area contributed by atoms with Gasteiger partial charge in [-0.05, 0) is 24.6 Å². The smallest absolute Gasteiger partial charge is 0.322 e. The van der Waals surface area contributed by atoms with Crippen molar-refractivity contribution >= 4 is 5.91 Å². The minimum Gasteiger partial charge on any atom is -0.395 e. The highest BCUT2D eigenvalue weighted by Gasteiger charge is 2.29. The topological polar surface area (TPSA) is 54.6 Å². The third kappa shape index (κ3) is 3.97. The number of hydrogen-bond acceptors (Lipinski definition) is 3. The van der Waals surface area contributed by atoms with Gasteiger partial charge in [0.2, 0.25) is 0 Å². The van der Waals surface area contributed by atoms with E-state index in [1.165, 1.54) is 0 Å². The van der Waals surface area contributed by atoms with Gasteiger partial charge < -0.3 is 5.11 Å². The van der Waals surface area contributed by atoms with Crippen molar-refractivity contribution in [2.24, 2.45) is 0 Å². The number of aromatic nitrogens is 1. The SMILES string of the molecule is CC[NH+](Cc1ccncc1)C(=O)C(CO)c1ccccc1. The molecule has 0 radical (unpaired) electrons. The van der Waals surface area contributed by atoms with Gasteiger partial charge in [-0.1, -0.05) is 30.3 Å². The molecule has 0 fully saturated rings. The number of aliphatic hydroxyl groups excluding tert-OH is 1. The molecule has 1 aromatic heterocycles. The van der Waals surface area contributed by atoms with Crippen molar-refractivity contribution in [1.29, 1.82) is 0 Å². The Morgan fingerprint density at radius 3 is 2.43 bits per heavy atom. The summed E-state index contributed by atoms with van der Waals surface area (Å²) in [7, 11) is 0. The number of nitrogens with one attached hydrogen (secondary N) is 1. The average molecular weight is 285 g/mol. The Morgan fingerprint density at radius 2 is 1.86 bits per heavy atom. The lowest BCUT2D eigenvalue weighted by molar-refractivity contribution is -0.833. The highest BCUT2D eigenvalue weighted by Crippen LogP contribution is 2.13. The van der Waals surface area contributed by atoms with Crippen LogP contribution in [0.2, 0.25) is 0 Å². The summed E-state index contributed by atoms with van der Waals surface area (Å²) < 4.78 is 0. The number of carbonyl (C=O) groups is 1. The van der Waals surface area contributed by atoms with E-state index in [4.69, 9.17) is 0 Å². The Kier molecular flexibility index (Phi) is 5.60. The summed E-state index contributed by atoms with van der Waals surface area (Å²) in [5.74, 6) is -0.439. The molecule has 2 aromatic rings. The van der Waals surface area contributed by atoms with E-state index in [2.05, 4.69) is 4.98 Å². The molecule has 2 N–H and O–H groups in total. The number of nitrogens with zero attached hydrogens (tertiary/aromatic N) is 1. The van der Waals surface area contributed by atoms with Gasteiger partial charge in [-0.15, -0.1) is 0 Å². The van der Waals surface area contributed by atoms with E-state index in [0.29, 0.717) is 13.1 Å². The number of quaternary nitrogens is 1. The second-order valence-electron chi connectivity index (χ2n) is 5.00. The molecule has 2 unspecified atom stereocenters. The van der Waals surface area contributed by atoms with Crippen LogP contribution in [0.25, 0.3) is 0 Å². The fourth-order valence-electron chi connectivity index (χ4n) is 2.40. The number of hydrogen-bond donors (Lipinski definition) is 2. The molecule has 0 aliphatic rings. The standard InChI is InChI=1S/C17H20N2O2/c1-2-19(12-14-8-10-18-11-9-14)17(21)16(13-20)15-6-4-3-5-7-15/h3-11,16,20H,2,12-13H2,1H3/p+1. The molecule has 21 heavy (non-hydrogen) atoms. The molecule has 2 rings (SSSR count). The molecular weight excluding hydrogens is 264 g/mol. The van der Waals surface area contributed by atoms with Crippen LogP contribution in [0.15, 0.2) is 54.9 Å². The zero-order chi connectivity index (χ0) is 15.1. The van der Waals surface area contributed by atoms with Gasteiger partial charge in [0.1, 0.15) is 12.5 Å². The van der Waals surface area contributed by atoms with Gasteiger partial charge in [-0.3, -0.25) is 9.88 Å². The fourth-order valence-corrected chi connectivity index (χ4v) is 2.40. The summed E-state index contributed by atoms with van der Waals surface area (Å²) in [6, 6.07) is 13.3. The lowest BCUT2D eigenvalue weighted by Gasteiger charge is -2.20. The summed E-state index contributed by atoms with van der Waals surface area (Å²) in [6.45, 7) is 3.11. The van der Waals surface area contributed by atoms with Crippen LogP contribution in [0.3, 0.4) is 0 Å². The van der Waals surface area contributed by atoms with Crippen LogP contribution >= 0.6 is 0 Å². The Balaban J connectivity index is 2.15. The number of rotatable bonds is 6. The second-order valence-corrected chi connectivity index (χ2v) is 5.00. The quantitative estimate of drug-likeness (QED) is 0.825. The minimum atomic E-state index is -0.469. The van der Waals surface area contributed by atoms with Gasteiger partial charge in [-0.25, -0.2) is 4.79 Å². The summed E-state index contributed by atoms with van der Waals surface area (Å²) in [5, 5.41) is 9.62. The van der Waals surface area contributed by atoms with Crippen molar-refractivity contribution in [1.82, 2.24) is 4.98 Å². The molecular formula is C17H21N2O2+. The molecule has 1 amide bonds. The lowest BCUT2D eigenvalue weighted by atomic mass is 9.98. The fraction of sp³-hybridized carbons (Fsp3) is 0.294. The van der Waals surface area contributed by atoms with Crippen LogP contribution in [0, 0.1) is 0 Å². The molecule has 2 atom stereocenters. The monoisotopic (exact) mass is 285 g/mol. The maximum atomic E-state index is 12.7. The van der Waals surface area contributed by atoms with Crippen LogP contribution in [0.4, 0.5) is 0 Å². The van der Waals surface area contributed by atoms with Crippen LogP contribution < -0.4 is 4.90 Å². The second kappa shape index (κ2) is 7.67. The molecule has 4 heteroatoms. The summed E-state index contributed by atoms with van der Waals surface area (Å²) in [5.41, 5.74) is 1.94. The Labute approximate surface area is 125 Å². The van der Waals surface area contributed by atoms with E-state index in [1.54, 1.807) is 12.4 Å². The number of carbonyl (C=O) groups excluding carboxylic acids is 1. The van der Waals surface area contributed by atoms with Crippen LogP contribution in [-0.2, 0) is 11.3 Å². The molecule has 0 saturated heterocycles. The zero-order valence-corrected chi connectivity index (χ0v) is 12.2. The first kappa shape index (κ1) is 15.4. The van der Waals surface area contributed by atoms with E-state index >= 15 is 0 Å². The van der Waals surface area contributed by atoms with E-state index in [1.807, 2.05) is 49.4 Å². The summed E-state index contributed by atoms with van der Waals surface area (Å²) in [4.78, 5) is 17.5. The van der Waals surface area contributed by atoms with Crippen molar-refractivity contribution < 1.29 is 14.8 Å². The van der Waals surface area contributed by atoms with Gasteiger partial charge in [0.05, 0.1) is 13.2 Å². The largest absolute Gasteiger partial charge is 0.395 e. The van der Waals surface area contributed by atoms with Gasteiger partial charge in [0.15, 0.2) is 0 Å². The number of aliphatic hydroxyl groups is 1. The Morgan fingerprint density at radius 1 is 1.19 bits per heavy atom. The van der Waals surface area contributed by atoms with Crippen LogP contribution in [-0.4, -0.2) is 29.1 Å². The summed E-state index contributed by atoms with van der Waals surface area (Å²) >= 11 is 0. The molecule has 1 aromatic carbocycles. The first-order chi connectivity index (χ1) is 10.3. The third-order valence-corrected chi connectivity index (χ3v) is 3.64. The molecule has 110 valence electrons. The summed E-state index contributed by atoms with van der Waals surface area (Å²) in [6.07, 6.45) is 3.46. The Bertz CT molecular complexity index is 558. The molecule has 0 aliphatic heterocycles. The van der Waals surface area contributed by atoms with Crippen LogP contribution in [0.5, 0.6) is 0 Å². The molecule has 0 saturated carbocycles. The normalized spacial score (nSPS) is 13.6. The van der Waals surface area contributed by atoms with E-state index < -0.39 is 5.92 Å². The van der Waals surface area contributed by atoms with Crippen molar-refractivity contribution in [2.75, 3.05) is 13.2 Å². The maximum absolute atomic E-state index is 12.7. The lowest BCUT2D eigenvalue weighted by Crippen LogP contribution is -3.13. The van der Waals surface area contributed by atoms with Crippen molar-refractivity contribution in [3.8, 4) is 0 Å². The van der Waals surface area contributed by atoms with Gasteiger partial charge >= 0.3 is 5.91 Å². The predicted octanol–water partition coefficient (Wildman–Crippen LogP) is 0.789. The van der Waals surface area contributed by atoms with E-state index in [0.717, 1.165) is 16.0 Å². The van der Waals surface area contributed by atoms with Crippen molar-refractivity contribution in [3.05, 3.63) is 66.0 Å². The molecule has 0 aliphatic carbocycles. The highest BCUT2D eigenvalue weighted by molar-refractivity contribution is 5.76. The van der Waals surface area contributed by atoms with Gasteiger partial charge in [0.25, 0.3) is 0 Å².